The Morgan fingerprint density at radius 2 is 2.07 bits per heavy atom. The number of benzene rings is 1. The minimum Gasteiger partial charge on any atom is -0.293 e. The van der Waals surface area contributed by atoms with E-state index in [1.165, 1.54) is 13.0 Å². The number of aromatic nitrogens is 3. The summed E-state index contributed by atoms with van der Waals surface area (Å²) in [6.07, 6.45) is 0. The zero-order chi connectivity index (χ0) is 10.8. The van der Waals surface area contributed by atoms with Crippen molar-refractivity contribution in [3.8, 4) is 11.3 Å². The van der Waals surface area contributed by atoms with Crippen LogP contribution >= 0.6 is 0 Å². The Kier molecular flexibility index (Phi) is 2.29. The summed E-state index contributed by atoms with van der Waals surface area (Å²) < 4.78 is 13.4. The highest BCUT2D eigenvalue weighted by Crippen LogP contribution is 2.22. The molecule has 0 saturated heterocycles. The minimum absolute atomic E-state index is 0.153. The molecular weight excluding hydrogens is 197 g/mol. The van der Waals surface area contributed by atoms with Crippen LogP contribution in [0, 0.1) is 5.82 Å². The van der Waals surface area contributed by atoms with Gasteiger partial charge < -0.3 is 0 Å². The summed E-state index contributed by atoms with van der Waals surface area (Å²) in [4.78, 5) is 11.2. The third-order valence-electron chi connectivity index (χ3n) is 2.01. The standard InChI is InChI=1S/C10H8FN3O/c1-6(15)9-10(13-14-12-9)7-4-2-3-5-8(7)11/h2-5H,1H3,(H,12,13,14). The minimum atomic E-state index is -0.422. The van der Waals surface area contributed by atoms with Gasteiger partial charge in [0.1, 0.15) is 11.5 Å². The van der Waals surface area contributed by atoms with Crippen LogP contribution in [0.25, 0.3) is 11.3 Å². The number of carbonyl (C=O) groups excluding carboxylic acids is 1. The third kappa shape index (κ3) is 1.63. The van der Waals surface area contributed by atoms with E-state index in [9.17, 15) is 9.18 Å². The summed E-state index contributed by atoms with van der Waals surface area (Å²) in [6, 6.07) is 6.12. The Labute approximate surface area is 85.1 Å². The number of aromatic amines is 1. The molecule has 0 aliphatic rings. The van der Waals surface area contributed by atoms with Crippen LogP contribution in [0.15, 0.2) is 24.3 Å². The lowest BCUT2D eigenvalue weighted by molar-refractivity contribution is 0.101. The van der Waals surface area contributed by atoms with Gasteiger partial charge in [-0.3, -0.25) is 4.79 Å². The number of halogens is 1. The molecule has 2 rings (SSSR count). The number of hydrogen-bond acceptors (Lipinski definition) is 3. The maximum Gasteiger partial charge on any atom is 0.182 e. The van der Waals surface area contributed by atoms with Crippen LogP contribution in [-0.4, -0.2) is 21.2 Å². The molecule has 0 fully saturated rings. The van der Waals surface area contributed by atoms with Crippen LogP contribution in [-0.2, 0) is 0 Å². The summed E-state index contributed by atoms with van der Waals surface area (Å²) in [5, 5.41) is 9.77. The van der Waals surface area contributed by atoms with Crippen molar-refractivity contribution in [2.24, 2.45) is 0 Å². The van der Waals surface area contributed by atoms with Crippen molar-refractivity contribution >= 4 is 5.78 Å². The fourth-order valence-corrected chi connectivity index (χ4v) is 1.32. The maximum atomic E-state index is 13.4. The quantitative estimate of drug-likeness (QED) is 0.760. The van der Waals surface area contributed by atoms with Crippen LogP contribution in [0.5, 0.6) is 0 Å². The first kappa shape index (κ1) is 9.51. The molecule has 1 heterocycles. The van der Waals surface area contributed by atoms with Gasteiger partial charge in [-0.1, -0.05) is 12.1 Å². The molecule has 1 N–H and O–H groups in total. The Bertz CT molecular complexity index is 507. The predicted molar refractivity (Wildman–Crippen MR) is 51.8 cm³/mol. The number of hydrogen-bond donors (Lipinski definition) is 1. The SMILES string of the molecule is CC(=O)c1n[nH]nc1-c1ccccc1F. The predicted octanol–water partition coefficient (Wildman–Crippen LogP) is 1.81. The normalized spacial score (nSPS) is 10.3. The van der Waals surface area contributed by atoms with Gasteiger partial charge in [-0.15, -0.1) is 0 Å². The molecule has 0 spiro atoms. The topological polar surface area (TPSA) is 58.6 Å². The van der Waals surface area contributed by atoms with Crippen molar-refractivity contribution in [1.29, 1.82) is 0 Å². The average Bonchev–Trinajstić information content (AvgIpc) is 2.67. The molecule has 2 aromatic rings. The molecule has 1 aromatic heterocycles. The van der Waals surface area contributed by atoms with Gasteiger partial charge >= 0.3 is 0 Å². The average molecular weight is 205 g/mol. The molecule has 0 unspecified atom stereocenters. The Balaban J connectivity index is 2.59. The number of rotatable bonds is 2. The Hall–Kier alpha value is -2.04. The van der Waals surface area contributed by atoms with E-state index < -0.39 is 5.82 Å². The zero-order valence-electron chi connectivity index (χ0n) is 7.99. The van der Waals surface area contributed by atoms with Crippen molar-refractivity contribution in [2.45, 2.75) is 6.92 Å². The van der Waals surface area contributed by atoms with E-state index in [1.54, 1.807) is 18.2 Å². The first-order valence-electron chi connectivity index (χ1n) is 4.36. The van der Waals surface area contributed by atoms with Gasteiger partial charge in [-0.05, 0) is 12.1 Å². The summed E-state index contributed by atoms with van der Waals surface area (Å²) in [5.74, 6) is -0.670. The van der Waals surface area contributed by atoms with E-state index in [2.05, 4.69) is 15.4 Å². The molecular formula is C10H8FN3O. The zero-order valence-corrected chi connectivity index (χ0v) is 7.99. The number of ketones is 1. The maximum absolute atomic E-state index is 13.4. The van der Waals surface area contributed by atoms with Crippen molar-refractivity contribution in [1.82, 2.24) is 15.4 Å². The summed E-state index contributed by atoms with van der Waals surface area (Å²) in [6.45, 7) is 1.36. The van der Waals surface area contributed by atoms with Crippen molar-refractivity contribution in [3.05, 3.63) is 35.8 Å². The number of H-pyrrole nitrogens is 1. The molecule has 0 radical (unpaired) electrons. The number of nitrogens with one attached hydrogen (secondary N) is 1. The number of nitrogens with zero attached hydrogens (tertiary/aromatic N) is 2. The largest absolute Gasteiger partial charge is 0.293 e. The molecule has 0 amide bonds. The van der Waals surface area contributed by atoms with Gasteiger partial charge in [-0.25, -0.2) is 4.39 Å². The lowest BCUT2D eigenvalue weighted by Gasteiger charge is -1.98. The highest BCUT2D eigenvalue weighted by atomic mass is 19.1. The molecule has 0 saturated carbocycles. The molecule has 0 aliphatic heterocycles. The fourth-order valence-electron chi connectivity index (χ4n) is 1.32. The van der Waals surface area contributed by atoms with Crippen molar-refractivity contribution < 1.29 is 9.18 Å². The molecule has 5 heteroatoms. The first-order chi connectivity index (χ1) is 7.20. The van der Waals surface area contributed by atoms with Crippen LogP contribution in [0.1, 0.15) is 17.4 Å². The fraction of sp³-hybridized carbons (Fsp3) is 0.100. The van der Waals surface area contributed by atoms with E-state index in [0.717, 1.165) is 0 Å². The lowest BCUT2D eigenvalue weighted by Crippen LogP contribution is -1.96. The highest BCUT2D eigenvalue weighted by Gasteiger charge is 2.16. The molecule has 0 aliphatic carbocycles. The molecule has 0 atom stereocenters. The summed E-state index contributed by atoms with van der Waals surface area (Å²) in [7, 11) is 0. The first-order valence-corrected chi connectivity index (χ1v) is 4.36. The van der Waals surface area contributed by atoms with Crippen molar-refractivity contribution in [3.63, 3.8) is 0 Å². The highest BCUT2D eigenvalue weighted by molar-refractivity contribution is 5.97. The molecule has 15 heavy (non-hydrogen) atoms. The van der Waals surface area contributed by atoms with Gasteiger partial charge in [0.05, 0.1) is 0 Å². The smallest absolute Gasteiger partial charge is 0.182 e. The number of carbonyl (C=O) groups is 1. The monoisotopic (exact) mass is 205 g/mol. The van der Waals surface area contributed by atoms with Gasteiger partial charge in [0.2, 0.25) is 0 Å². The molecule has 4 nitrogen and oxygen atoms in total. The molecule has 0 bridgehead atoms. The Morgan fingerprint density at radius 1 is 1.33 bits per heavy atom. The second kappa shape index (κ2) is 3.61. The second-order valence-electron chi connectivity index (χ2n) is 3.06. The van der Waals surface area contributed by atoms with Crippen molar-refractivity contribution in [2.75, 3.05) is 0 Å². The van der Waals surface area contributed by atoms with E-state index in [0.29, 0.717) is 0 Å². The van der Waals surface area contributed by atoms with Crippen LogP contribution < -0.4 is 0 Å². The van der Waals surface area contributed by atoms with Crippen LogP contribution in [0.3, 0.4) is 0 Å². The van der Waals surface area contributed by atoms with Gasteiger partial charge in [-0.2, -0.15) is 15.4 Å². The van der Waals surface area contributed by atoms with Gasteiger partial charge in [0, 0.05) is 12.5 Å². The van der Waals surface area contributed by atoms with Crippen LogP contribution in [0.2, 0.25) is 0 Å². The third-order valence-corrected chi connectivity index (χ3v) is 2.01. The van der Waals surface area contributed by atoms with Crippen LogP contribution in [0.4, 0.5) is 4.39 Å². The summed E-state index contributed by atoms with van der Waals surface area (Å²) >= 11 is 0. The van der Waals surface area contributed by atoms with Gasteiger partial charge in [0.25, 0.3) is 0 Å². The van der Waals surface area contributed by atoms with E-state index in [-0.39, 0.29) is 22.7 Å². The van der Waals surface area contributed by atoms with Gasteiger partial charge in [0.15, 0.2) is 11.5 Å². The van der Waals surface area contributed by atoms with E-state index >= 15 is 0 Å². The summed E-state index contributed by atoms with van der Waals surface area (Å²) in [5.41, 5.74) is 0.678. The Morgan fingerprint density at radius 3 is 2.73 bits per heavy atom. The van der Waals surface area contributed by atoms with E-state index in [1.807, 2.05) is 0 Å². The number of Topliss-reactive ketones (excluding diaryl/α,β-unsaturated/α-hetero) is 1. The second-order valence-corrected chi connectivity index (χ2v) is 3.06. The molecule has 76 valence electrons. The lowest BCUT2D eigenvalue weighted by atomic mass is 10.1. The van der Waals surface area contributed by atoms with E-state index in [4.69, 9.17) is 0 Å². The molecule has 1 aromatic carbocycles.